The predicted octanol–water partition coefficient (Wildman–Crippen LogP) is 3.92. The van der Waals surface area contributed by atoms with Gasteiger partial charge >= 0.3 is 0 Å². The van der Waals surface area contributed by atoms with E-state index >= 15 is 0 Å². The molecule has 32 heavy (non-hydrogen) atoms. The monoisotopic (exact) mass is 458 g/mol. The molecule has 0 bridgehead atoms. The van der Waals surface area contributed by atoms with Crippen molar-refractivity contribution in [1.82, 2.24) is 4.31 Å². The van der Waals surface area contributed by atoms with Crippen LogP contribution in [0.5, 0.6) is 11.5 Å². The molecule has 0 unspecified atom stereocenters. The van der Waals surface area contributed by atoms with E-state index < -0.39 is 21.7 Å². The number of halogens is 1. The molecule has 0 aliphatic heterocycles. The Labute approximate surface area is 186 Å². The summed E-state index contributed by atoms with van der Waals surface area (Å²) in [6.07, 6.45) is 0. The molecule has 0 aliphatic rings. The number of hydrogen-bond acceptors (Lipinski definition) is 5. The highest BCUT2D eigenvalue weighted by Crippen LogP contribution is 2.30. The number of rotatable bonds is 8. The Hall–Kier alpha value is -3.43. The third-order valence-corrected chi connectivity index (χ3v) is 6.61. The van der Waals surface area contributed by atoms with Crippen molar-refractivity contribution < 1.29 is 27.1 Å². The molecule has 0 saturated carbocycles. The van der Waals surface area contributed by atoms with E-state index in [0.717, 1.165) is 5.56 Å². The molecule has 0 fully saturated rings. The van der Waals surface area contributed by atoms with E-state index in [9.17, 15) is 17.6 Å². The summed E-state index contributed by atoms with van der Waals surface area (Å²) >= 11 is 0. The van der Waals surface area contributed by atoms with Crippen LogP contribution >= 0.6 is 0 Å². The second kappa shape index (κ2) is 9.80. The molecule has 168 valence electrons. The summed E-state index contributed by atoms with van der Waals surface area (Å²) in [5.41, 5.74) is 0.720. The lowest BCUT2D eigenvalue weighted by atomic mass is 10.2. The molecule has 0 atom stereocenters. The zero-order valence-corrected chi connectivity index (χ0v) is 18.6. The van der Waals surface area contributed by atoms with Gasteiger partial charge in [-0.05, 0) is 48.0 Å². The average molecular weight is 459 g/mol. The van der Waals surface area contributed by atoms with Gasteiger partial charge in [0, 0.05) is 13.6 Å². The van der Waals surface area contributed by atoms with Gasteiger partial charge in [0.25, 0.3) is 5.91 Å². The van der Waals surface area contributed by atoms with Crippen molar-refractivity contribution in [3.8, 4) is 11.5 Å². The van der Waals surface area contributed by atoms with Crippen LogP contribution in [0.2, 0.25) is 0 Å². The number of nitrogens with zero attached hydrogens (tertiary/aromatic N) is 1. The number of carbonyl (C=O) groups is 1. The highest BCUT2D eigenvalue weighted by molar-refractivity contribution is 7.89. The summed E-state index contributed by atoms with van der Waals surface area (Å²) in [5.74, 6) is -0.495. The first kappa shape index (κ1) is 23.2. The number of carbonyl (C=O) groups excluding carboxylic acids is 1. The van der Waals surface area contributed by atoms with Crippen LogP contribution in [0.25, 0.3) is 0 Å². The maximum atomic E-state index is 14.0. The maximum Gasteiger partial charge on any atom is 0.258 e. The van der Waals surface area contributed by atoms with E-state index in [-0.39, 0.29) is 28.4 Å². The van der Waals surface area contributed by atoms with Gasteiger partial charge in [-0.1, -0.05) is 24.3 Å². The molecule has 0 aliphatic carbocycles. The van der Waals surface area contributed by atoms with Gasteiger partial charge in [-0.2, -0.15) is 4.31 Å². The van der Waals surface area contributed by atoms with E-state index in [4.69, 9.17) is 9.47 Å². The third-order valence-electron chi connectivity index (χ3n) is 4.81. The Bertz CT molecular complexity index is 1210. The highest BCUT2D eigenvalue weighted by Gasteiger charge is 2.23. The topological polar surface area (TPSA) is 84.9 Å². The van der Waals surface area contributed by atoms with Crippen LogP contribution in [0.3, 0.4) is 0 Å². The van der Waals surface area contributed by atoms with Gasteiger partial charge in [-0.25, -0.2) is 12.8 Å². The highest BCUT2D eigenvalue weighted by atomic mass is 32.2. The minimum atomic E-state index is -3.89. The van der Waals surface area contributed by atoms with Crippen LogP contribution in [0.1, 0.15) is 15.9 Å². The molecule has 0 saturated heterocycles. The molecule has 1 amide bonds. The van der Waals surface area contributed by atoms with Crippen molar-refractivity contribution in [3.05, 3.63) is 83.7 Å². The number of benzene rings is 3. The maximum absolute atomic E-state index is 14.0. The summed E-state index contributed by atoms with van der Waals surface area (Å²) in [5, 5.41) is 2.53. The molecule has 3 aromatic rings. The largest absolute Gasteiger partial charge is 0.497 e. The van der Waals surface area contributed by atoms with Crippen LogP contribution < -0.4 is 14.8 Å². The van der Waals surface area contributed by atoms with Gasteiger partial charge in [0.15, 0.2) is 0 Å². The normalized spacial score (nSPS) is 11.3. The minimum Gasteiger partial charge on any atom is -0.497 e. The number of sulfonamides is 1. The van der Waals surface area contributed by atoms with Crippen molar-refractivity contribution in [2.24, 2.45) is 0 Å². The zero-order valence-electron chi connectivity index (χ0n) is 17.8. The summed E-state index contributed by atoms with van der Waals surface area (Å²) in [7, 11) is 0.512. The molecule has 1 N–H and O–H groups in total. The van der Waals surface area contributed by atoms with Gasteiger partial charge < -0.3 is 14.8 Å². The third kappa shape index (κ3) is 5.06. The number of anilines is 1. The standard InChI is InChI=1S/C23H23FN2O5S/c1-26(15-16-8-10-17(30-2)11-9-16)32(28,29)18-12-13-22(31-3)21(14-18)25-23(27)19-6-4-5-7-20(19)24/h4-14H,15H2,1-3H3,(H,25,27). The Morgan fingerprint density at radius 3 is 2.31 bits per heavy atom. The first-order valence-electron chi connectivity index (χ1n) is 9.59. The van der Waals surface area contributed by atoms with Crippen LogP contribution in [-0.4, -0.2) is 39.9 Å². The molecule has 3 rings (SSSR count). The van der Waals surface area contributed by atoms with Crippen LogP contribution in [0.4, 0.5) is 10.1 Å². The quantitative estimate of drug-likeness (QED) is 0.553. The fraction of sp³-hybridized carbons (Fsp3) is 0.174. The van der Waals surface area contributed by atoms with Crippen LogP contribution in [-0.2, 0) is 16.6 Å². The van der Waals surface area contributed by atoms with Crippen LogP contribution in [0, 0.1) is 5.82 Å². The number of methoxy groups -OCH3 is 2. The Kier molecular flexibility index (Phi) is 7.12. The number of hydrogen-bond donors (Lipinski definition) is 1. The zero-order chi connectivity index (χ0) is 23.3. The summed E-state index contributed by atoms with van der Waals surface area (Å²) < 4.78 is 51.7. The summed E-state index contributed by atoms with van der Waals surface area (Å²) in [6, 6.07) is 16.7. The second-order valence-corrected chi connectivity index (χ2v) is 8.95. The predicted molar refractivity (Wildman–Crippen MR) is 119 cm³/mol. The van der Waals surface area contributed by atoms with E-state index in [2.05, 4.69) is 5.32 Å². The van der Waals surface area contributed by atoms with Gasteiger partial charge in [0.1, 0.15) is 17.3 Å². The van der Waals surface area contributed by atoms with E-state index in [1.807, 2.05) is 0 Å². The smallest absolute Gasteiger partial charge is 0.258 e. The molecule has 0 spiro atoms. The summed E-state index contributed by atoms with van der Waals surface area (Å²) in [4.78, 5) is 12.5. The van der Waals surface area contributed by atoms with Crippen LogP contribution in [0.15, 0.2) is 71.6 Å². The first-order chi connectivity index (χ1) is 15.3. The fourth-order valence-electron chi connectivity index (χ4n) is 3.03. The van der Waals surface area contributed by atoms with Crippen molar-refractivity contribution >= 4 is 21.6 Å². The number of nitrogens with one attached hydrogen (secondary N) is 1. The Balaban J connectivity index is 1.86. The second-order valence-electron chi connectivity index (χ2n) is 6.91. The molecule has 9 heteroatoms. The molecule has 7 nitrogen and oxygen atoms in total. The van der Waals surface area contributed by atoms with Gasteiger partial charge in [-0.15, -0.1) is 0 Å². The first-order valence-corrected chi connectivity index (χ1v) is 11.0. The van der Waals surface area contributed by atoms with E-state index in [0.29, 0.717) is 5.75 Å². The fourth-order valence-corrected chi connectivity index (χ4v) is 4.22. The van der Waals surface area contributed by atoms with Gasteiger partial charge in [0.05, 0.1) is 30.4 Å². The molecular weight excluding hydrogens is 435 g/mol. The van der Waals surface area contributed by atoms with Gasteiger partial charge in [-0.3, -0.25) is 4.79 Å². The molecule has 0 radical (unpaired) electrons. The minimum absolute atomic E-state index is 0.0434. The van der Waals surface area contributed by atoms with E-state index in [1.165, 1.54) is 60.9 Å². The lowest BCUT2D eigenvalue weighted by molar-refractivity contribution is 0.102. The molecule has 0 aromatic heterocycles. The van der Waals surface area contributed by atoms with E-state index in [1.54, 1.807) is 31.4 Å². The molecule has 0 heterocycles. The Morgan fingerprint density at radius 2 is 1.69 bits per heavy atom. The lowest BCUT2D eigenvalue weighted by Gasteiger charge is -2.19. The molecule has 3 aromatic carbocycles. The number of amides is 1. The average Bonchev–Trinajstić information content (AvgIpc) is 2.79. The molecular formula is C23H23FN2O5S. The van der Waals surface area contributed by atoms with Crippen molar-refractivity contribution in [3.63, 3.8) is 0 Å². The van der Waals surface area contributed by atoms with Crippen molar-refractivity contribution in [2.75, 3.05) is 26.6 Å². The number of ether oxygens (including phenoxy) is 2. The van der Waals surface area contributed by atoms with Gasteiger partial charge in [0.2, 0.25) is 10.0 Å². The lowest BCUT2D eigenvalue weighted by Crippen LogP contribution is -2.26. The Morgan fingerprint density at radius 1 is 1.00 bits per heavy atom. The summed E-state index contributed by atoms with van der Waals surface area (Å²) in [6.45, 7) is 0.134. The SMILES string of the molecule is COc1ccc(CN(C)S(=O)(=O)c2ccc(OC)c(NC(=O)c3ccccc3F)c2)cc1. The van der Waals surface area contributed by atoms with Crippen molar-refractivity contribution in [2.45, 2.75) is 11.4 Å². The van der Waals surface area contributed by atoms with Crippen molar-refractivity contribution in [1.29, 1.82) is 0 Å².